The molecule has 4 nitrogen and oxygen atoms in total. The van der Waals surface area contributed by atoms with Gasteiger partial charge in [-0.1, -0.05) is 36.0 Å². The monoisotopic (exact) mass is 354 g/mol. The molecule has 0 bridgehead atoms. The van der Waals surface area contributed by atoms with Crippen LogP contribution in [0.1, 0.15) is 5.56 Å². The van der Waals surface area contributed by atoms with Crippen molar-refractivity contribution in [2.75, 3.05) is 39.2 Å². The summed E-state index contributed by atoms with van der Waals surface area (Å²) in [6.45, 7) is 1.49. The number of nitrogens with zero attached hydrogens (tertiary/aromatic N) is 2. The summed E-state index contributed by atoms with van der Waals surface area (Å²) in [5, 5.41) is 0. The van der Waals surface area contributed by atoms with Crippen molar-refractivity contribution in [1.29, 1.82) is 0 Å². The number of anilines is 1. The maximum atomic E-state index is 13.0. The van der Waals surface area contributed by atoms with Gasteiger partial charge in [-0.3, -0.25) is 4.79 Å². The molecule has 0 atom stereocenters. The van der Waals surface area contributed by atoms with Crippen LogP contribution in [0.2, 0.25) is 0 Å². The van der Waals surface area contributed by atoms with Crippen molar-refractivity contribution >= 4 is 29.4 Å². The van der Waals surface area contributed by atoms with Gasteiger partial charge in [0, 0.05) is 18.0 Å². The summed E-state index contributed by atoms with van der Waals surface area (Å²) < 4.78 is 5.19. The maximum Gasteiger partial charge on any atom is 0.265 e. The van der Waals surface area contributed by atoms with Gasteiger partial charge in [-0.15, -0.1) is 0 Å². The molecule has 2 aromatic rings. The number of ether oxygens (including phenoxy) is 1. The van der Waals surface area contributed by atoms with Crippen molar-refractivity contribution in [3.05, 3.63) is 59.0 Å². The highest BCUT2D eigenvalue weighted by Gasteiger charge is 2.28. The van der Waals surface area contributed by atoms with Gasteiger partial charge in [-0.25, -0.2) is 0 Å². The minimum Gasteiger partial charge on any atom is -0.497 e. The lowest BCUT2D eigenvalue weighted by molar-refractivity contribution is -0.114. The quantitative estimate of drug-likeness (QED) is 0.766. The molecule has 1 aliphatic heterocycles. The van der Waals surface area contributed by atoms with Crippen molar-refractivity contribution in [2.45, 2.75) is 4.90 Å². The predicted octanol–water partition coefficient (Wildman–Crippen LogP) is 3.74. The van der Waals surface area contributed by atoms with Crippen LogP contribution in [0.15, 0.2) is 58.3 Å². The standard InChI is InChI=1S/C20H22N2O2S/c1-21(2)12-13-22-17-6-4-5-7-18(17)25-19(20(22)23)14-15-8-10-16(24-3)11-9-15/h4-11,14H,12-13H2,1-3H3. The van der Waals surface area contributed by atoms with Crippen LogP contribution >= 0.6 is 11.8 Å². The first kappa shape index (κ1) is 17.6. The molecular weight excluding hydrogens is 332 g/mol. The van der Waals surface area contributed by atoms with E-state index in [9.17, 15) is 4.79 Å². The molecule has 0 aliphatic carbocycles. The minimum atomic E-state index is 0.0568. The fourth-order valence-corrected chi connectivity index (χ4v) is 3.69. The molecule has 0 N–H and O–H groups in total. The van der Waals surface area contributed by atoms with Crippen LogP contribution in [0.3, 0.4) is 0 Å². The first-order chi connectivity index (χ1) is 12.1. The summed E-state index contributed by atoms with van der Waals surface area (Å²) in [5.74, 6) is 0.865. The maximum absolute atomic E-state index is 13.0. The Morgan fingerprint density at radius 3 is 2.52 bits per heavy atom. The number of rotatable bonds is 5. The Kier molecular flexibility index (Phi) is 5.46. The van der Waals surface area contributed by atoms with Crippen LogP contribution < -0.4 is 9.64 Å². The normalized spacial score (nSPS) is 15.6. The Morgan fingerprint density at radius 1 is 1.12 bits per heavy atom. The number of methoxy groups -OCH3 is 1. The zero-order valence-corrected chi connectivity index (χ0v) is 15.5. The number of hydrogen-bond acceptors (Lipinski definition) is 4. The van der Waals surface area contributed by atoms with E-state index in [1.807, 2.05) is 67.5 Å². The van der Waals surface area contributed by atoms with Crippen LogP contribution in [0, 0.1) is 0 Å². The zero-order chi connectivity index (χ0) is 17.8. The number of hydrogen-bond donors (Lipinski definition) is 0. The van der Waals surface area contributed by atoms with E-state index in [0.717, 1.165) is 33.3 Å². The molecule has 3 rings (SSSR count). The van der Waals surface area contributed by atoms with E-state index in [1.54, 1.807) is 7.11 Å². The molecule has 130 valence electrons. The number of benzene rings is 2. The summed E-state index contributed by atoms with van der Waals surface area (Å²) in [7, 11) is 5.68. The average Bonchev–Trinajstić information content (AvgIpc) is 2.62. The highest BCUT2D eigenvalue weighted by Crippen LogP contribution is 2.41. The molecule has 1 heterocycles. The molecule has 0 fully saturated rings. The molecular formula is C20H22N2O2S. The van der Waals surface area contributed by atoms with Gasteiger partial charge < -0.3 is 14.5 Å². The summed E-state index contributed by atoms with van der Waals surface area (Å²) >= 11 is 1.53. The second-order valence-corrected chi connectivity index (χ2v) is 7.20. The fraction of sp³-hybridized carbons (Fsp3) is 0.250. The van der Waals surface area contributed by atoms with E-state index < -0.39 is 0 Å². The van der Waals surface area contributed by atoms with Gasteiger partial charge in [0.05, 0.1) is 17.7 Å². The zero-order valence-electron chi connectivity index (χ0n) is 14.7. The van der Waals surface area contributed by atoms with E-state index in [2.05, 4.69) is 11.0 Å². The molecule has 0 unspecified atom stereocenters. The minimum absolute atomic E-state index is 0.0568. The Labute approximate surface area is 153 Å². The molecule has 0 saturated carbocycles. The molecule has 0 spiro atoms. The number of amides is 1. The lowest BCUT2D eigenvalue weighted by Crippen LogP contribution is -2.39. The van der Waals surface area contributed by atoms with Gasteiger partial charge in [0.2, 0.25) is 0 Å². The van der Waals surface area contributed by atoms with Gasteiger partial charge in [-0.05, 0) is 50.0 Å². The van der Waals surface area contributed by atoms with Crippen molar-refractivity contribution < 1.29 is 9.53 Å². The first-order valence-corrected chi connectivity index (χ1v) is 8.99. The van der Waals surface area contributed by atoms with Gasteiger partial charge in [0.15, 0.2) is 0 Å². The third kappa shape index (κ3) is 4.06. The summed E-state index contributed by atoms with van der Waals surface area (Å²) in [4.78, 5) is 18.8. The predicted molar refractivity (Wildman–Crippen MR) is 104 cm³/mol. The van der Waals surface area contributed by atoms with E-state index in [0.29, 0.717) is 6.54 Å². The Balaban J connectivity index is 1.92. The molecule has 2 aromatic carbocycles. The van der Waals surface area contributed by atoms with Crippen LogP contribution in [0.25, 0.3) is 6.08 Å². The van der Waals surface area contributed by atoms with Crippen LogP contribution in [-0.4, -0.2) is 45.1 Å². The van der Waals surface area contributed by atoms with Crippen molar-refractivity contribution in [3.8, 4) is 5.75 Å². The van der Waals surface area contributed by atoms with Gasteiger partial charge in [0.1, 0.15) is 5.75 Å². The van der Waals surface area contributed by atoms with E-state index in [4.69, 9.17) is 4.74 Å². The van der Waals surface area contributed by atoms with Crippen LogP contribution in [-0.2, 0) is 4.79 Å². The van der Waals surface area contributed by atoms with Crippen molar-refractivity contribution in [3.63, 3.8) is 0 Å². The highest BCUT2D eigenvalue weighted by molar-refractivity contribution is 8.04. The van der Waals surface area contributed by atoms with E-state index in [1.165, 1.54) is 11.8 Å². The van der Waals surface area contributed by atoms with Crippen LogP contribution in [0.4, 0.5) is 5.69 Å². The number of carbonyl (C=O) groups is 1. The highest BCUT2D eigenvalue weighted by atomic mass is 32.2. The van der Waals surface area contributed by atoms with Gasteiger partial charge in [0.25, 0.3) is 5.91 Å². The number of carbonyl (C=O) groups excluding carboxylic acids is 1. The Hall–Kier alpha value is -2.24. The fourth-order valence-electron chi connectivity index (χ4n) is 2.64. The lowest BCUT2D eigenvalue weighted by Gasteiger charge is -2.31. The molecule has 1 aliphatic rings. The Bertz CT molecular complexity index is 785. The molecule has 0 saturated heterocycles. The SMILES string of the molecule is COc1ccc(C=C2Sc3ccccc3N(CCN(C)C)C2=O)cc1. The molecule has 5 heteroatoms. The third-order valence-corrected chi connectivity index (χ3v) is 5.09. The second-order valence-electron chi connectivity index (χ2n) is 6.11. The summed E-state index contributed by atoms with van der Waals surface area (Å²) in [5.41, 5.74) is 1.98. The summed E-state index contributed by atoms with van der Waals surface area (Å²) in [6.07, 6.45) is 1.95. The third-order valence-electron chi connectivity index (χ3n) is 4.02. The molecule has 0 radical (unpaired) electrons. The summed E-state index contributed by atoms with van der Waals surface area (Å²) in [6, 6.07) is 15.8. The number of likely N-dealkylation sites (N-methyl/N-ethyl adjacent to an activating group) is 1. The van der Waals surface area contributed by atoms with Crippen molar-refractivity contribution in [2.24, 2.45) is 0 Å². The first-order valence-electron chi connectivity index (χ1n) is 8.17. The van der Waals surface area contributed by atoms with Gasteiger partial charge >= 0.3 is 0 Å². The number of fused-ring (bicyclic) bond motifs is 1. The number of thioether (sulfide) groups is 1. The smallest absolute Gasteiger partial charge is 0.265 e. The second kappa shape index (κ2) is 7.76. The largest absolute Gasteiger partial charge is 0.497 e. The number of para-hydroxylation sites is 1. The van der Waals surface area contributed by atoms with E-state index in [-0.39, 0.29) is 5.91 Å². The van der Waals surface area contributed by atoms with E-state index >= 15 is 0 Å². The molecule has 0 aromatic heterocycles. The lowest BCUT2D eigenvalue weighted by atomic mass is 10.2. The van der Waals surface area contributed by atoms with Crippen molar-refractivity contribution in [1.82, 2.24) is 4.90 Å². The van der Waals surface area contributed by atoms with Gasteiger partial charge in [-0.2, -0.15) is 0 Å². The molecule has 25 heavy (non-hydrogen) atoms. The molecule has 1 amide bonds. The van der Waals surface area contributed by atoms with Crippen LogP contribution in [0.5, 0.6) is 5.75 Å². The average molecular weight is 354 g/mol. The topological polar surface area (TPSA) is 32.8 Å². The Morgan fingerprint density at radius 2 is 1.84 bits per heavy atom.